The highest BCUT2D eigenvalue weighted by Crippen LogP contribution is 2.29. The topological polar surface area (TPSA) is 60.2 Å². The molecule has 0 fully saturated rings. The summed E-state index contributed by atoms with van der Waals surface area (Å²) in [5.41, 5.74) is 2.58. The first-order valence-corrected chi connectivity index (χ1v) is 10.4. The number of benzene rings is 2. The Labute approximate surface area is 179 Å². The SMILES string of the molecule is COC(=O)c1ccc(CSc2nnc([C@H](C)N(C)C)n2-c2ccc(Cl)cc2)cc1. The molecule has 0 aliphatic rings. The van der Waals surface area contributed by atoms with Crippen LogP contribution in [0.1, 0.15) is 34.7 Å². The number of hydrogen-bond donors (Lipinski definition) is 0. The Morgan fingerprint density at radius 2 is 1.79 bits per heavy atom. The number of thioether (sulfide) groups is 1. The number of ether oxygens (including phenoxy) is 1. The summed E-state index contributed by atoms with van der Waals surface area (Å²) in [4.78, 5) is 13.7. The van der Waals surface area contributed by atoms with Gasteiger partial charge in [-0.25, -0.2) is 4.79 Å². The zero-order valence-electron chi connectivity index (χ0n) is 16.8. The molecule has 0 saturated heterocycles. The van der Waals surface area contributed by atoms with E-state index in [4.69, 9.17) is 16.3 Å². The van der Waals surface area contributed by atoms with Crippen LogP contribution in [0.4, 0.5) is 0 Å². The summed E-state index contributed by atoms with van der Waals surface area (Å²) in [6.07, 6.45) is 0. The van der Waals surface area contributed by atoms with Gasteiger partial charge in [0.2, 0.25) is 0 Å². The van der Waals surface area contributed by atoms with Crippen molar-refractivity contribution in [2.24, 2.45) is 0 Å². The second kappa shape index (κ2) is 9.43. The van der Waals surface area contributed by atoms with Crippen LogP contribution >= 0.6 is 23.4 Å². The van der Waals surface area contributed by atoms with Crippen molar-refractivity contribution in [3.8, 4) is 5.69 Å². The van der Waals surface area contributed by atoms with Gasteiger partial charge in [0, 0.05) is 16.5 Å². The molecule has 3 rings (SSSR count). The molecule has 1 heterocycles. The average Bonchev–Trinajstić information content (AvgIpc) is 3.15. The van der Waals surface area contributed by atoms with Crippen molar-refractivity contribution in [1.82, 2.24) is 19.7 Å². The van der Waals surface area contributed by atoms with Gasteiger partial charge in [0.05, 0.1) is 18.7 Å². The number of halogens is 1. The largest absolute Gasteiger partial charge is 0.465 e. The third-order valence-corrected chi connectivity index (χ3v) is 5.89. The quantitative estimate of drug-likeness (QED) is 0.402. The van der Waals surface area contributed by atoms with Gasteiger partial charge in [0.1, 0.15) is 0 Å². The summed E-state index contributed by atoms with van der Waals surface area (Å²) in [6.45, 7) is 2.09. The molecule has 8 heteroatoms. The third-order valence-electron chi connectivity index (χ3n) is 4.63. The van der Waals surface area contributed by atoms with Crippen LogP contribution < -0.4 is 0 Å². The second-order valence-electron chi connectivity index (χ2n) is 6.77. The fraction of sp³-hybridized carbons (Fsp3) is 0.286. The van der Waals surface area contributed by atoms with E-state index >= 15 is 0 Å². The number of nitrogens with zero attached hydrogens (tertiary/aromatic N) is 4. The maximum absolute atomic E-state index is 11.6. The molecule has 3 aromatic rings. The predicted octanol–water partition coefficient (Wildman–Crippen LogP) is 4.62. The lowest BCUT2D eigenvalue weighted by atomic mass is 10.1. The van der Waals surface area contributed by atoms with E-state index in [0.717, 1.165) is 22.2 Å². The lowest BCUT2D eigenvalue weighted by Gasteiger charge is -2.20. The number of rotatable bonds is 7. The van der Waals surface area contributed by atoms with Gasteiger partial charge in [-0.15, -0.1) is 10.2 Å². The van der Waals surface area contributed by atoms with E-state index in [1.807, 2.05) is 50.5 Å². The highest BCUT2D eigenvalue weighted by Gasteiger charge is 2.21. The van der Waals surface area contributed by atoms with Gasteiger partial charge < -0.3 is 4.74 Å². The van der Waals surface area contributed by atoms with Gasteiger partial charge in [-0.05, 0) is 63.0 Å². The van der Waals surface area contributed by atoms with E-state index in [1.165, 1.54) is 7.11 Å². The fourth-order valence-electron chi connectivity index (χ4n) is 2.71. The van der Waals surface area contributed by atoms with Crippen LogP contribution in [-0.4, -0.2) is 46.8 Å². The van der Waals surface area contributed by atoms with E-state index in [-0.39, 0.29) is 12.0 Å². The monoisotopic (exact) mass is 430 g/mol. The Morgan fingerprint density at radius 3 is 2.38 bits per heavy atom. The van der Waals surface area contributed by atoms with Gasteiger partial charge in [0.15, 0.2) is 11.0 Å². The van der Waals surface area contributed by atoms with Crippen molar-refractivity contribution < 1.29 is 9.53 Å². The van der Waals surface area contributed by atoms with E-state index in [1.54, 1.807) is 23.9 Å². The molecular weight excluding hydrogens is 408 g/mol. The van der Waals surface area contributed by atoms with Crippen molar-refractivity contribution in [2.75, 3.05) is 21.2 Å². The normalized spacial score (nSPS) is 12.2. The van der Waals surface area contributed by atoms with Crippen LogP contribution in [0.2, 0.25) is 5.02 Å². The van der Waals surface area contributed by atoms with Gasteiger partial charge in [-0.3, -0.25) is 9.47 Å². The summed E-state index contributed by atoms with van der Waals surface area (Å²) in [7, 11) is 5.41. The average molecular weight is 431 g/mol. The molecule has 0 unspecified atom stereocenters. The molecule has 29 heavy (non-hydrogen) atoms. The number of hydrogen-bond acceptors (Lipinski definition) is 6. The standard InChI is InChI=1S/C21H23ClN4O2S/c1-14(25(2)3)19-23-24-21(26(19)18-11-9-17(22)10-12-18)29-13-15-5-7-16(8-6-15)20(27)28-4/h5-12,14H,13H2,1-4H3/t14-/m0/s1. The molecule has 0 radical (unpaired) electrons. The number of methoxy groups -OCH3 is 1. The molecule has 2 aromatic carbocycles. The van der Waals surface area contributed by atoms with Crippen molar-refractivity contribution in [3.63, 3.8) is 0 Å². The number of esters is 1. The highest BCUT2D eigenvalue weighted by atomic mass is 35.5. The molecule has 0 saturated carbocycles. The highest BCUT2D eigenvalue weighted by molar-refractivity contribution is 7.98. The van der Waals surface area contributed by atoms with E-state index in [0.29, 0.717) is 16.3 Å². The maximum atomic E-state index is 11.6. The van der Waals surface area contributed by atoms with Gasteiger partial charge in [0.25, 0.3) is 0 Å². The van der Waals surface area contributed by atoms with E-state index in [2.05, 4.69) is 26.6 Å². The van der Waals surface area contributed by atoms with Gasteiger partial charge >= 0.3 is 5.97 Å². The van der Waals surface area contributed by atoms with Crippen LogP contribution in [0.25, 0.3) is 5.69 Å². The smallest absolute Gasteiger partial charge is 0.337 e. The first-order chi connectivity index (χ1) is 13.9. The zero-order chi connectivity index (χ0) is 21.0. The van der Waals surface area contributed by atoms with Gasteiger partial charge in [-0.1, -0.05) is 35.5 Å². The first-order valence-electron chi connectivity index (χ1n) is 9.08. The minimum absolute atomic E-state index is 0.0897. The Morgan fingerprint density at radius 1 is 1.14 bits per heavy atom. The van der Waals surface area contributed by atoms with Crippen LogP contribution in [-0.2, 0) is 10.5 Å². The molecule has 1 aromatic heterocycles. The number of aromatic nitrogens is 3. The number of carbonyl (C=O) groups is 1. The molecule has 0 aliphatic heterocycles. The molecule has 0 spiro atoms. The maximum Gasteiger partial charge on any atom is 0.337 e. The summed E-state index contributed by atoms with van der Waals surface area (Å²) in [6, 6.07) is 15.1. The van der Waals surface area contributed by atoms with Crippen LogP contribution in [0.5, 0.6) is 0 Å². The molecule has 0 aliphatic carbocycles. The lowest BCUT2D eigenvalue weighted by molar-refractivity contribution is 0.0600. The first kappa shape index (κ1) is 21.4. The second-order valence-corrected chi connectivity index (χ2v) is 8.15. The Kier molecular flexibility index (Phi) is 6.95. The number of carbonyl (C=O) groups excluding carboxylic acids is 1. The molecule has 0 N–H and O–H groups in total. The molecule has 0 amide bonds. The molecule has 152 valence electrons. The Bertz CT molecular complexity index is 971. The summed E-state index contributed by atoms with van der Waals surface area (Å²) in [5.74, 6) is 1.22. The summed E-state index contributed by atoms with van der Waals surface area (Å²) < 4.78 is 6.81. The van der Waals surface area contributed by atoms with Crippen LogP contribution in [0.3, 0.4) is 0 Å². The van der Waals surface area contributed by atoms with Gasteiger partial charge in [-0.2, -0.15) is 0 Å². The van der Waals surface area contributed by atoms with Crippen LogP contribution in [0.15, 0.2) is 53.7 Å². The molecule has 0 bridgehead atoms. The molecule has 6 nitrogen and oxygen atoms in total. The van der Waals surface area contributed by atoms with Crippen molar-refractivity contribution in [2.45, 2.75) is 23.9 Å². The van der Waals surface area contributed by atoms with Crippen molar-refractivity contribution in [3.05, 3.63) is 70.5 Å². The Balaban J connectivity index is 1.87. The van der Waals surface area contributed by atoms with Crippen LogP contribution in [0, 0.1) is 0 Å². The predicted molar refractivity (Wildman–Crippen MR) is 116 cm³/mol. The van der Waals surface area contributed by atoms with Crippen molar-refractivity contribution in [1.29, 1.82) is 0 Å². The van der Waals surface area contributed by atoms with E-state index in [9.17, 15) is 4.79 Å². The summed E-state index contributed by atoms with van der Waals surface area (Å²) in [5, 5.41) is 10.4. The zero-order valence-corrected chi connectivity index (χ0v) is 18.4. The molecular formula is C21H23ClN4O2S. The third kappa shape index (κ3) is 4.98. The fourth-order valence-corrected chi connectivity index (χ4v) is 3.75. The minimum Gasteiger partial charge on any atom is -0.465 e. The lowest BCUT2D eigenvalue weighted by Crippen LogP contribution is -2.20. The van der Waals surface area contributed by atoms with E-state index < -0.39 is 0 Å². The molecule has 1 atom stereocenters. The Hall–Kier alpha value is -2.35. The summed E-state index contributed by atoms with van der Waals surface area (Å²) >= 11 is 7.66. The van der Waals surface area contributed by atoms with Crippen molar-refractivity contribution >= 4 is 29.3 Å². The minimum atomic E-state index is -0.339.